The second kappa shape index (κ2) is 13.9. The third-order valence-electron chi connectivity index (χ3n) is 5.79. The highest BCUT2D eigenvalue weighted by Gasteiger charge is 2.27. The number of halogens is 2. The maximum Gasteiger partial charge on any atom is 0.242 e. The Morgan fingerprint density at radius 1 is 1.08 bits per heavy atom. The van der Waals surface area contributed by atoms with Crippen molar-refractivity contribution in [1.29, 1.82) is 0 Å². The molecule has 0 aromatic heterocycles. The molecule has 0 heterocycles. The Morgan fingerprint density at radius 2 is 1.81 bits per heavy atom. The molecule has 0 saturated carbocycles. The molecule has 2 aromatic rings. The minimum absolute atomic E-state index is 0.0651. The van der Waals surface area contributed by atoms with Crippen LogP contribution in [0.4, 0.5) is 5.69 Å². The number of benzene rings is 2. The molecule has 2 rings (SSSR count). The molecule has 1 atom stereocenters. The van der Waals surface area contributed by atoms with Gasteiger partial charge in [-0.25, -0.2) is 8.42 Å². The van der Waals surface area contributed by atoms with E-state index in [0.29, 0.717) is 27.8 Å². The average Bonchev–Trinajstić information content (AvgIpc) is 2.80. The van der Waals surface area contributed by atoms with Crippen molar-refractivity contribution < 1.29 is 18.0 Å². The van der Waals surface area contributed by atoms with Crippen LogP contribution in [-0.2, 0) is 26.2 Å². The number of aryl methyl sites for hydroxylation is 1. The van der Waals surface area contributed by atoms with E-state index in [4.69, 9.17) is 23.2 Å². The van der Waals surface area contributed by atoms with E-state index < -0.39 is 16.1 Å². The first-order chi connectivity index (χ1) is 16.9. The highest BCUT2D eigenvalue weighted by Crippen LogP contribution is 2.24. The van der Waals surface area contributed by atoms with Crippen LogP contribution in [0.15, 0.2) is 42.5 Å². The van der Waals surface area contributed by atoms with Gasteiger partial charge in [-0.05, 0) is 62.1 Å². The van der Waals surface area contributed by atoms with Gasteiger partial charge in [0.1, 0.15) is 6.04 Å². The lowest BCUT2D eigenvalue weighted by Crippen LogP contribution is -2.48. The molecule has 7 nitrogen and oxygen atoms in total. The number of carbonyl (C=O) groups is 2. The van der Waals surface area contributed by atoms with E-state index in [-0.39, 0.29) is 37.7 Å². The first kappa shape index (κ1) is 29.9. The molecule has 0 saturated heterocycles. The quantitative estimate of drug-likeness (QED) is 0.345. The lowest BCUT2D eigenvalue weighted by Gasteiger charge is -2.30. The molecule has 0 aliphatic heterocycles. The van der Waals surface area contributed by atoms with E-state index in [0.717, 1.165) is 24.7 Å². The number of unbranched alkanes of at least 4 members (excludes halogenated alkanes) is 1. The second-order valence-electron chi connectivity index (χ2n) is 8.86. The summed E-state index contributed by atoms with van der Waals surface area (Å²) in [4.78, 5) is 27.6. The number of nitrogens with one attached hydrogen (secondary N) is 1. The van der Waals surface area contributed by atoms with Crippen LogP contribution in [0.2, 0.25) is 10.0 Å². The Labute approximate surface area is 224 Å². The normalized spacial score (nSPS) is 12.2. The van der Waals surface area contributed by atoms with E-state index in [1.165, 1.54) is 9.21 Å². The van der Waals surface area contributed by atoms with E-state index in [9.17, 15) is 18.0 Å². The van der Waals surface area contributed by atoms with Gasteiger partial charge in [-0.2, -0.15) is 0 Å². The summed E-state index contributed by atoms with van der Waals surface area (Å²) in [6.45, 7) is 6.40. The molecular formula is C26H35Cl2N3O4S. The molecule has 10 heteroatoms. The van der Waals surface area contributed by atoms with Crippen LogP contribution in [0.5, 0.6) is 0 Å². The van der Waals surface area contributed by atoms with Crippen LogP contribution >= 0.6 is 23.2 Å². The van der Waals surface area contributed by atoms with Gasteiger partial charge in [0, 0.05) is 36.1 Å². The smallest absolute Gasteiger partial charge is 0.242 e. The van der Waals surface area contributed by atoms with Crippen LogP contribution in [0.25, 0.3) is 0 Å². The number of anilines is 1. The summed E-state index contributed by atoms with van der Waals surface area (Å²) in [6.07, 6.45) is 3.28. The summed E-state index contributed by atoms with van der Waals surface area (Å²) in [5.41, 5.74) is 2.16. The third-order valence-corrected chi connectivity index (χ3v) is 7.58. The topological polar surface area (TPSA) is 86.8 Å². The molecule has 0 spiro atoms. The Balaban J connectivity index is 2.18. The van der Waals surface area contributed by atoms with E-state index in [2.05, 4.69) is 5.32 Å². The van der Waals surface area contributed by atoms with Crippen molar-refractivity contribution in [2.24, 2.45) is 0 Å². The molecule has 0 bridgehead atoms. The van der Waals surface area contributed by atoms with Crippen LogP contribution < -0.4 is 9.62 Å². The molecule has 0 aliphatic carbocycles. The average molecular weight is 557 g/mol. The van der Waals surface area contributed by atoms with Gasteiger partial charge >= 0.3 is 0 Å². The molecule has 198 valence electrons. The Kier molecular flexibility index (Phi) is 11.5. The first-order valence-electron chi connectivity index (χ1n) is 12.0. The zero-order valence-corrected chi connectivity index (χ0v) is 23.6. The summed E-state index contributed by atoms with van der Waals surface area (Å²) in [5.74, 6) is -0.517. The minimum atomic E-state index is -3.54. The highest BCUT2D eigenvalue weighted by molar-refractivity contribution is 7.92. The summed E-state index contributed by atoms with van der Waals surface area (Å²) in [6, 6.07) is 11.5. The summed E-state index contributed by atoms with van der Waals surface area (Å²) in [7, 11) is -3.54. The Hall–Kier alpha value is -2.29. The highest BCUT2D eigenvalue weighted by atomic mass is 35.5. The molecule has 0 radical (unpaired) electrons. The number of hydrogen-bond donors (Lipinski definition) is 1. The SMILES string of the molecule is CCCCNC(=O)[C@@H](C)N(Cc1ccc(Cl)cc1Cl)C(=O)CCCN(c1cccc(C)c1)S(C)(=O)=O. The largest absolute Gasteiger partial charge is 0.354 e. The summed E-state index contributed by atoms with van der Waals surface area (Å²) >= 11 is 12.4. The fourth-order valence-corrected chi connectivity index (χ4v) is 5.16. The van der Waals surface area contributed by atoms with Gasteiger partial charge in [-0.3, -0.25) is 13.9 Å². The van der Waals surface area contributed by atoms with Gasteiger partial charge in [-0.15, -0.1) is 0 Å². The number of carbonyl (C=O) groups excluding carboxylic acids is 2. The summed E-state index contributed by atoms with van der Waals surface area (Å²) < 4.78 is 26.2. The molecule has 0 aliphatic rings. The standard InChI is InChI=1S/C26H35Cl2N3O4S/c1-5-6-14-29-26(33)20(3)30(18-21-12-13-22(27)17-24(21)28)25(32)11-8-15-31(36(4,34)35)23-10-7-9-19(2)16-23/h7,9-10,12-13,16-17,20H,5-6,8,11,14-15,18H2,1-4H3,(H,29,33)/t20-/m1/s1. The third kappa shape index (κ3) is 8.98. The van der Waals surface area contributed by atoms with Crippen molar-refractivity contribution >= 4 is 50.7 Å². The van der Waals surface area contributed by atoms with Gasteiger partial charge in [0.2, 0.25) is 21.8 Å². The van der Waals surface area contributed by atoms with Crippen LogP contribution in [0, 0.1) is 6.92 Å². The van der Waals surface area contributed by atoms with Crippen molar-refractivity contribution in [2.45, 2.75) is 59.0 Å². The number of amides is 2. The van der Waals surface area contributed by atoms with Crippen molar-refractivity contribution in [3.63, 3.8) is 0 Å². The Morgan fingerprint density at radius 3 is 2.42 bits per heavy atom. The van der Waals surface area contributed by atoms with Gasteiger partial charge in [0.05, 0.1) is 11.9 Å². The van der Waals surface area contributed by atoms with Gasteiger partial charge in [-0.1, -0.05) is 54.7 Å². The number of hydrogen-bond acceptors (Lipinski definition) is 4. The second-order valence-corrected chi connectivity index (χ2v) is 11.6. The minimum Gasteiger partial charge on any atom is -0.354 e. The molecular weight excluding hydrogens is 521 g/mol. The zero-order chi connectivity index (χ0) is 26.9. The number of sulfonamides is 1. The monoisotopic (exact) mass is 555 g/mol. The van der Waals surface area contributed by atoms with Crippen LogP contribution in [0.3, 0.4) is 0 Å². The predicted octanol–water partition coefficient (Wildman–Crippen LogP) is 5.18. The fraction of sp³-hybridized carbons (Fsp3) is 0.462. The lowest BCUT2D eigenvalue weighted by molar-refractivity contribution is -0.140. The maximum absolute atomic E-state index is 13.3. The van der Waals surface area contributed by atoms with Gasteiger partial charge in [0.25, 0.3) is 0 Å². The van der Waals surface area contributed by atoms with E-state index in [1.807, 2.05) is 19.9 Å². The molecule has 36 heavy (non-hydrogen) atoms. The molecule has 0 fully saturated rings. The van der Waals surface area contributed by atoms with Crippen LogP contribution in [0.1, 0.15) is 50.7 Å². The summed E-state index contributed by atoms with van der Waals surface area (Å²) in [5, 5.41) is 3.75. The van der Waals surface area contributed by atoms with Gasteiger partial charge < -0.3 is 10.2 Å². The zero-order valence-electron chi connectivity index (χ0n) is 21.3. The van der Waals surface area contributed by atoms with Crippen molar-refractivity contribution in [3.05, 3.63) is 63.6 Å². The Bertz CT molecular complexity index is 1160. The molecule has 2 amide bonds. The fourth-order valence-electron chi connectivity index (χ4n) is 3.74. The molecule has 1 N–H and O–H groups in total. The number of rotatable bonds is 13. The van der Waals surface area contributed by atoms with Crippen molar-refractivity contribution in [3.8, 4) is 0 Å². The van der Waals surface area contributed by atoms with E-state index >= 15 is 0 Å². The van der Waals surface area contributed by atoms with Crippen molar-refractivity contribution in [2.75, 3.05) is 23.7 Å². The predicted molar refractivity (Wildman–Crippen MR) is 147 cm³/mol. The van der Waals surface area contributed by atoms with Gasteiger partial charge in [0.15, 0.2) is 0 Å². The molecule has 2 aromatic carbocycles. The first-order valence-corrected chi connectivity index (χ1v) is 14.6. The van der Waals surface area contributed by atoms with Crippen molar-refractivity contribution in [1.82, 2.24) is 10.2 Å². The maximum atomic E-state index is 13.3. The molecule has 0 unspecified atom stereocenters. The lowest BCUT2D eigenvalue weighted by atomic mass is 10.1. The number of nitrogens with zero attached hydrogens (tertiary/aromatic N) is 2. The van der Waals surface area contributed by atoms with E-state index in [1.54, 1.807) is 43.3 Å². The van der Waals surface area contributed by atoms with Crippen LogP contribution in [-0.4, -0.2) is 50.5 Å².